The van der Waals surface area contributed by atoms with Crippen LogP contribution in [-0.2, 0) is 0 Å². The fraction of sp³-hybridized carbons (Fsp3) is 0.818. The minimum absolute atomic E-state index is 0.346. The number of rotatable bonds is 1. The van der Waals surface area contributed by atoms with Gasteiger partial charge in [0.15, 0.2) is 5.82 Å². The summed E-state index contributed by atoms with van der Waals surface area (Å²) in [5.74, 6) is 0.688. The Morgan fingerprint density at radius 3 is 2.00 bits per heavy atom. The fourth-order valence-electron chi connectivity index (χ4n) is 2.44. The Hall–Kier alpha value is -0.670. The standard InChI is InChI=1S/C11H21N4OP/c1-6-8(3)15(17)9(4)7(2)14(6)11-12-10(5)13-16-11/h6-9H,17H2,1-5H3. The van der Waals surface area contributed by atoms with E-state index in [9.17, 15) is 0 Å². The van der Waals surface area contributed by atoms with Crippen LogP contribution in [0.25, 0.3) is 0 Å². The molecule has 0 N–H and O–H groups in total. The van der Waals surface area contributed by atoms with Crippen LogP contribution in [0.2, 0.25) is 0 Å². The lowest BCUT2D eigenvalue weighted by Gasteiger charge is -2.50. The Morgan fingerprint density at radius 1 is 1.06 bits per heavy atom. The molecule has 1 aromatic heterocycles. The molecule has 2 rings (SSSR count). The number of anilines is 1. The first-order chi connectivity index (χ1) is 7.93. The molecule has 0 spiro atoms. The van der Waals surface area contributed by atoms with E-state index in [1.54, 1.807) is 0 Å². The van der Waals surface area contributed by atoms with Gasteiger partial charge in [0, 0.05) is 24.2 Å². The summed E-state index contributed by atoms with van der Waals surface area (Å²) in [6, 6.07) is 2.19. The minimum atomic E-state index is 0.346. The first-order valence-electron chi connectivity index (χ1n) is 6.05. The maximum atomic E-state index is 5.32. The maximum absolute atomic E-state index is 5.32. The number of aryl methyl sites for hydroxylation is 1. The molecule has 17 heavy (non-hydrogen) atoms. The summed E-state index contributed by atoms with van der Waals surface area (Å²) in [5, 5.41) is 3.88. The molecule has 96 valence electrons. The predicted molar refractivity (Wildman–Crippen MR) is 70.9 cm³/mol. The van der Waals surface area contributed by atoms with Crippen LogP contribution in [0.5, 0.6) is 0 Å². The molecule has 0 saturated carbocycles. The Kier molecular flexibility index (Phi) is 3.41. The normalized spacial score (nSPS) is 35.3. The number of hydrogen-bond donors (Lipinski definition) is 0. The highest BCUT2D eigenvalue weighted by Crippen LogP contribution is 2.32. The van der Waals surface area contributed by atoms with E-state index in [0.29, 0.717) is 36.0 Å². The van der Waals surface area contributed by atoms with E-state index in [1.165, 1.54) is 0 Å². The molecule has 6 heteroatoms. The summed E-state index contributed by atoms with van der Waals surface area (Å²) >= 11 is 0. The molecule has 5 atom stereocenters. The van der Waals surface area contributed by atoms with Gasteiger partial charge in [-0.1, -0.05) is 14.5 Å². The topological polar surface area (TPSA) is 45.4 Å². The van der Waals surface area contributed by atoms with Gasteiger partial charge in [-0.2, -0.15) is 4.98 Å². The van der Waals surface area contributed by atoms with E-state index in [4.69, 9.17) is 4.52 Å². The lowest BCUT2D eigenvalue weighted by molar-refractivity contribution is 0.174. The number of piperazine rings is 1. The van der Waals surface area contributed by atoms with Gasteiger partial charge >= 0.3 is 6.01 Å². The molecule has 5 unspecified atom stereocenters. The van der Waals surface area contributed by atoms with Crippen LogP contribution in [0.15, 0.2) is 4.52 Å². The van der Waals surface area contributed by atoms with Crippen LogP contribution < -0.4 is 4.90 Å². The van der Waals surface area contributed by atoms with Gasteiger partial charge in [0.05, 0.1) is 0 Å². The third-order valence-electron chi connectivity index (χ3n) is 3.95. The van der Waals surface area contributed by atoms with Gasteiger partial charge < -0.3 is 9.42 Å². The maximum Gasteiger partial charge on any atom is 0.324 e. The Bertz CT molecular complexity index is 381. The molecule has 1 aliphatic heterocycles. The van der Waals surface area contributed by atoms with E-state index < -0.39 is 0 Å². The second-order valence-electron chi connectivity index (χ2n) is 4.94. The molecule has 0 bridgehead atoms. The van der Waals surface area contributed by atoms with Gasteiger partial charge in [-0.25, -0.2) is 0 Å². The van der Waals surface area contributed by atoms with Crippen LogP contribution >= 0.6 is 9.39 Å². The monoisotopic (exact) mass is 256 g/mol. The van der Waals surface area contributed by atoms with E-state index in [1.807, 2.05) is 6.92 Å². The largest absolute Gasteiger partial charge is 0.324 e. The number of nitrogens with zero attached hydrogens (tertiary/aromatic N) is 4. The molecular weight excluding hydrogens is 235 g/mol. The SMILES string of the molecule is Cc1noc(N2C(C)C(C)N(P)C(C)C2C)n1. The van der Waals surface area contributed by atoms with Crippen molar-refractivity contribution in [2.45, 2.75) is 58.8 Å². The molecule has 1 aliphatic rings. The molecule has 0 aromatic carbocycles. The van der Waals surface area contributed by atoms with Crippen molar-refractivity contribution in [3.63, 3.8) is 0 Å². The lowest BCUT2D eigenvalue weighted by atomic mass is 9.98. The van der Waals surface area contributed by atoms with Crippen molar-refractivity contribution in [1.82, 2.24) is 14.8 Å². The summed E-state index contributed by atoms with van der Waals surface area (Å²) in [5.41, 5.74) is 0. The van der Waals surface area contributed by atoms with Crippen LogP contribution in [-0.4, -0.2) is 39.0 Å². The van der Waals surface area contributed by atoms with Crippen molar-refractivity contribution < 1.29 is 4.52 Å². The average Bonchev–Trinajstić information content (AvgIpc) is 2.71. The van der Waals surface area contributed by atoms with Crippen molar-refractivity contribution in [3.8, 4) is 0 Å². The van der Waals surface area contributed by atoms with Crippen LogP contribution in [0, 0.1) is 6.92 Å². The second-order valence-corrected chi connectivity index (χ2v) is 5.54. The molecule has 5 nitrogen and oxygen atoms in total. The summed E-state index contributed by atoms with van der Waals surface area (Å²) in [4.78, 5) is 6.58. The van der Waals surface area contributed by atoms with Gasteiger partial charge in [0.2, 0.25) is 0 Å². The van der Waals surface area contributed by atoms with E-state index in [-0.39, 0.29) is 0 Å². The smallest absolute Gasteiger partial charge is 0.316 e. The van der Waals surface area contributed by atoms with E-state index >= 15 is 0 Å². The number of aromatic nitrogens is 2. The van der Waals surface area contributed by atoms with Gasteiger partial charge in [-0.3, -0.25) is 4.67 Å². The van der Waals surface area contributed by atoms with Crippen LogP contribution in [0.4, 0.5) is 6.01 Å². The van der Waals surface area contributed by atoms with Crippen LogP contribution in [0.3, 0.4) is 0 Å². The zero-order valence-corrected chi connectivity index (χ0v) is 12.2. The average molecular weight is 256 g/mol. The van der Waals surface area contributed by atoms with Gasteiger partial charge in [-0.15, -0.1) is 0 Å². The summed E-state index contributed by atoms with van der Waals surface area (Å²) < 4.78 is 7.64. The minimum Gasteiger partial charge on any atom is -0.316 e. The number of hydrogen-bond acceptors (Lipinski definition) is 5. The van der Waals surface area contributed by atoms with Crippen molar-refractivity contribution in [1.29, 1.82) is 0 Å². The first kappa shape index (κ1) is 12.8. The van der Waals surface area contributed by atoms with Gasteiger partial charge in [0.25, 0.3) is 0 Å². The molecule has 2 heterocycles. The molecule has 1 aromatic rings. The predicted octanol–water partition coefficient (Wildman–Crippen LogP) is 1.84. The quantitative estimate of drug-likeness (QED) is 0.717. The van der Waals surface area contributed by atoms with E-state index in [2.05, 4.69) is 56.8 Å². The zero-order chi connectivity index (χ0) is 12.7. The summed E-state index contributed by atoms with van der Waals surface area (Å²) in [7, 11) is 2.83. The Labute approximate surface area is 105 Å². The lowest BCUT2D eigenvalue weighted by Crippen LogP contribution is -2.62. The van der Waals surface area contributed by atoms with Gasteiger partial charge in [-0.05, 0) is 34.6 Å². The Balaban J connectivity index is 2.32. The van der Waals surface area contributed by atoms with Crippen molar-refractivity contribution in [2.24, 2.45) is 0 Å². The molecule has 1 saturated heterocycles. The molecule has 1 fully saturated rings. The van der Waals surface area contributed by atoms with Crippen molar-refractivity contribution in [2.75, 3.05) is 4.90 Å². The summed E-state index contributed by atoms with van der Waals surface area (Å²) in [6.07, 6.45) is 0. The molecular formula is C11H21N4OP. The highest BCUT2D eigenvalue weighted by atomic mass is 31.0. The molecule has 0 amide bonds. The Morgan fingerprint density at radius 2 is 1.59 bits per heavy atom. The molecule has 0 radical (unpaired) electrons. The summed E-state index contributed by atoms with van der Waals surface area (Å²) in [6.45, 7) is 10.7. The zero-order valence-electron chi connectivity index (χ0n) is 11.1. The highest BCUT2D eigenvalue weighted by molar-refractivity contribution is 7.13. The first-order valence-corrected chi connectivity index (χ1v) is 6.56. The third-order valence-corrected chi connectivity index (χ3v) is 4.89. The van der Waals surface area contributed by atoms with Crippen molar-refractivity contribution >= 4 is 15.4 Å². The fourth-order valence-corrected chi connectivity index (χ4v) is 2.94. The van der Waals surface area contributed by atoms with E-state index in [0.717, 1.165) is 0 Å². The van der Waals surface area contributed by atoms with Crippen molar-refractivity contribution in [3.05, 3.63) is 5.82 Å². The molecule has 0 aliphatic carbocycles. The van der Waals surface area contributed by atoms with Crippen LogP contribution in [0.1, 0.15) is 33.5 Å². The third kappa shape index (κ3) is 2.06. The van der Waals surface area contributed by atoms with Gasteiger partial charge in [0.1, 0.15) is 0 Å². The highest BCUT2D eigenvalue weighted by Gasteiger charge is 2.40. The second kappa shape index (κ2) is 4.54.